The van der Waals surface area contributed by atoms with Crippen molar-refractivity contribution in [3.05, 3.63) is 0 Å². The zero-order valence-electron chi connectivity index (χ0n) is 11.5. The topological polar surface area (TPSA) is 92.4 Å². The minimum Gasteiger partial charge on any atom is -0.481 e. The van der Waals surface area contributed by atoms with Crippen LogP contribution in [-0.4, -0.2) is 29.1 Å². The van der Waals surface area contributed by atoms with E-state index in [1.54, 1.807) is 41.5 Å². The number of amides is 1. The van der Waals surface area contributed by atoms with Crippen LogP contribution in [0.15, 0.2) is 0 Å². The van der Waals surface area contributed by atoms with Crippen molar-refractivity contribution in [2.24, 2.45) is 16.6 Å². The molecule has 0 aromatic rings. The number of rotatable bonds is 5. The van der Waals surface area contributed by atoms with E-state index in [1.165, 1.54) is 0 Å². The standard InChI is InChI=1S/C12H24N2O3/c1-10(2,9(16)17)7-14-8(15)11(3,4)12(5,6)13/h7,13H2,1-6H3,(H,14,15)(H,16,17). The van der Waals surface area contributed by atoms with E-state index in [0.29, 0.717) is 0 Å². The Morgan fingerprint density at radius 2 is 1.53 bits per heavy atom. The lowest BCUT2D eigenvalue weighted by molar-refractivity contribution is -0.147. The molecule has 0 saturated heterocycles. The predicted molar refractivity (Wildman–Crippen MR) is 66.5 cm³/mol. The molecule has 0 aromatic heterocycles. The van der Waals surface area contributed by atoms with Crippen LogP contribution in [0, 0.1) is 10.8 Å². The third-order valence-electron chi connectivity index (χ3n) is 3.45. The monoisotopic (exact) mass is 244 g/mol. The van der Waals surface area contributed by atoms with Gasteiger partial charge in [-0.1, -0.05) is 0 Å². The third kappa shape index (κ3) is 3.70. The number of carbonyl (C=O) groups excluding carboxylic acids is 1. The molecule has 17 heavy (non-hydrogen) atoms. The van der Waals surface area contributed by atoms with Crippen molar-refractivity contribution in [2.45, 2.75) is 47.1 Å². The van der Waals surface area contributed by atoms with Crippen molar-refractivity contribution in [3.8, 4) is 0 Å². The Labute approximate surface area is 103 Å². The molecule has 0 aromatic carbocycles. The highest BCUT2D eigenvalue weighted by Gasteiger charge is 2.41. The lowest BCUT2D eigenvalue weighted by atomic mass is 9.74. The lowest BCUT2D eigenvalue weighted by Gasteiger charge is -2.37. The maximum atomic E-state index is 12.0. The van der Waals surface area contributed by atoms with E-state index in [1.807, 2.05) is 0 Å². The number of nitrogens with one attached hydrogen (secondary N) is 1. The first-order valence-electron chi connectivity index (χ1n) is 5.63. The minimum atomic E-state index is -0.982. The van der Waals surface area contributed by atoms with Crippen LogP contribution in [0.25, 0.3) is 0 Å². The largest absolute Gasteiger partial charge is 0.481 e. The summed E-state index contributed by atoms with van der Waals surface area (Å²) in [4.78, 5) is 22.9. The zero-order valence-corrected chi connectivity index (χ0v) is 11.5. The molecule has 0 bridgehead atoms. The van der Waals surface area contributed by atoms with E-state index >= 15 is 0 Å². The first-order chi connectivity index (χ1) is 7.32. The molecular weight excluding hydrogens is 220 g/mol. The molecule has 0 unspecified atom stereocenters. The highest BCUT2D eigenvalue weighted by atomic mass is 16.4. The fourth-order valence-corrected chi connectivity index (χ4v) is 0.890. The van der Waals surface area contributed by atoms with Gasteiger partial charge in [0.05, 0.1) is 10.8 Å². The van der Waals surface area contributed by atoms with Crippen molar-refractivity contribution in [3.63, 3.8) is 0 Å². The Hall–Kier alpha value is -1.10. The number of nitrogens with two attached hydrogens (primary N) is 1. The van der Waals surface area contributed by atoms with Crippen molar-refractivity contribution < 1.29 is 14.7 Å². The summed E-state index contributed by atoms with van der Waals surface area (Å²) in [6, 6.07) is 0. The van der Waals surface area contributed by atoms with Gasteiger partial charge in [0.2, 0.25) is 5.91 Å². The fourth-order valence-electron chi connectivity index (χ4n) is 0.890. The van der Waals surface area contributed by atoms with Gasteiger partial charge in [-0.2, -0.15) is 0 Å². The molecule has 0 fully saturated rings. The van der Waals surface area contributed by atoms with Crippen LogP contribution in [0.4, 0.5) is 0 Å². The van der Waals surface area contributed by atoms with Crippen molar-refractivity contribution in [1.82, 2.24) is 5.32 Å². The molecule has 0 rings (SSSR count). The molecule has 1 amide bonds. The molecule has 5 nitrogen and oxygen atoms in total. The van der Waals surface area contributed by atoms with Crippen LogP contribution in [0.2, 0.25) is 0 Å². The first-order valence-corrected chi connectivity index (χ1v) is 5.63. The van der Waals surface area contributed by atoms with Crippen LogP contribution < -0.4 is 11.1 Å². The average molecular weight is 244 g/mol. The van der Waals surface area contributed by atoms with Gasteiger partial charge in [-0.05, 0) is 41.5 Å². The van der Waals surface area contributed by atoms with Crippen LogP contribution in [-0.2, 0) is 9.59 Å². The molecule has 0 aliphatic rings. The van der Waals surface area contributed by atoms with Crippen molar-refractivity contribution in [2.75, 3.05) is 6.54 Å². The smallest absolute Gasteiger partial charge is 0.310 e. The normalized spacial score (nSPS) is 13.4. The average Bonchev–Trinajstić information content (AvgIpc) is 2.12. The van der Waals surface area contributed by atoms with Gasteiger partial charge in [0.25, 0.3) is 0 Å². The third-order valence-corrected chi connectivity index (χ3v) is 3.45. The molecule has 0 atom stereocenters. The molecule has 0 heterocycles. The van der Waals surface area contributed by atoms with E-state index in [-0.39, 0.29) is 12.5 Å². The quantitative estimate of drug-likeness (QED) is 0.672. The molecule has 4 N–H and O–H groups in total. The SMILES string of the molecule is CC(C)(CNC(=O)C(C)(C)C(C)(C)N)C(=O)O. The molecule has 100 valence electrons. The van der Waals surface area contributed by atoms with Gasteiger partial charge in [0, 0.05) is 12.1 Å². The van der Waals surface area contributed by atoms with Crippen LogP contribution in [0.5, 0.6) is 0 Å². The summed E-state index contributed by atoms with van der Waals surface area (Å²) in [6.45, 7) is 10.3. The zero-order chi connectivity index (χ0) is 14.1. The Morgan fingerprint density at radius 1 is 1.12 bits per heavy atom. The number of hydrogen-bond acceptors (Lipinski definition) is 3. The summed E-state index contributed by atoms with van der Waals surface area (Å²) in [6.07, 6.45) is 0. The number of carboxylic acids is 1. The van der Waals surface area contributed by atoms with E-state index in [9.17, 15) is 9.59 Å². The van der Waals surface area contributed by atoms with Gasteiger partial charge in [-0.15, -0.1) is 0 Å². The summed E-state index contributed by atoms with van der Waals surface area (Å²) in [5.74, 6) is -1.18. The highest BCUT2D eigenvalue weighted by Crippen LogP contribution is 2.28. The van der Waals surface area contributed by atoms with Crippen LogP contribution in [0.3, 0.4) is 0 Å². The van der Waals surface area contributed by atoms with E-state index in [2.05, 4.69) is 5.32 Å². The number of hydrogen-bond donors (Lipinski definition) is 3. The second kappa shape index (κ2) is 4.64. The Bertz CT molecular complexity index is 314. The Morgan fingerprint density at radius 3 is 1.82 bits per heavy atom. The minimum absolute atomic E-state index is 0.0840. The summed E-state index contributed by atoms with van der Waals surface area (Å²) < 4.78 is 0. The fraction of sp³-hybridized carbons (Fsp3) is 0.833. The molecule has 0 saturated carbocycles. The van der Waals surface area contributed by atoms with Crippen LogP contribution in [0.1, 0.15) is 41.5 Å². The van der Waals surface area contributed by atoms with Gasteiger partial charge >= 0.3 is 5.97 Å². The summed E-state index contributed by atoms with van der Waals surface area (Å²) in [7, 11) is 0. The van der Waals surface area contributed by atoms with E-state index in [4.69, 9.17) is 10.8 Å². The maximum Gasteiger partial charge on any atom is 0.310 e. The summed E-state index contributed by atoms with van der Waals surface area (Å²) >= 11 is 0. The summed E-state index contributed by atoms with van der Waals surface area (Å²) in [5, 5.41) is 11.6. The van der Waals surface area contributed by atoms with Crippen molar-refractivity contribution in [1.29, 1.82) is 0 Å². The second-order valence-corrected chi connectivity index (χ2v) is 6.22. The summed E-state index contributed by atoms with van der Waals surface area (Å²) in [5.41, 5.74) is 3.52. The predicted octanol–water partition coefficient (Wildman–Crippen LogP) is 0.977. The maximum absolute atomic E-state index is 12.0. The highest BCUT2D eigenvalue weighted by molar-refractivity contribution is 5.84. The van der Waals surface area contributed by atoms with E-state index in [0.717, 1.165) is 0 Å². The number of aliphatic carboxylic acids is 1. The Balaban J connectivity index is 4.64. The van der Waals surface area contributed by atoms with E-state index < -0.39 is 22.3 Å². The number of carbonyl (C=O) groups is 2. The van der Waals surface area contributed by atoms with Crippen molar-refractivity contribution >= 4 is 11.9 Å². The van der Waals surface area contributed by atoms with Gasteiger partial charge in [0.1, 0.15) is 0 Å². The van der Waals surface area contributed by atoms with Crippen LogP contribution >= 0.6 is 0 Å². The van der Waals surface area contributed by atoms with Gasteiger partial charge in [0.15, 0.2) is 0 Å². The molecular formula is C12H24N2O3. The number of carboxylic acid groups (broad SMARTS) is 1. The van der Waals surface area contributed by atoms with Gasteiger partial charge in [-0.3, -0.25) is 9.59 Å². The molecule has 5 heteroatoms. The molecule has 0 aliphatic heterocycles. The Kier molecular flexibility index (Phi) is 4.34. The molecule has 0 radical (unpaired) electrons. The van der Waals surface area contributed by atoms with Gasteiger partial charge < -0.3 is 16.2 Å². The second-order valence-electron chi connectivity index (χ2n) is 6.22. The molecule has 0 aliphatic carbocycles. The first kappa shape index (κ1) is 15.9. The lowest BCUT2D eigenvalue weighted by Crippen LogP contribution is -2.56. The van der Waals surface area contributed by atoms with Gasteiger partial charge in [-0.25, -0.2) is 0 Å². The molecule has 0 spiro atoms.